The van der Waals surface area contributed by atoms with E-state index in [0.717, 1.165) is 31.1 Å². The van der Waals surface area contributed by atoms with Crippen molar-refractivity contribution >= 4 is 5.69 Å². The molecule has 112 valence electrons. The van der Waals surface area contributed by atoms with Crippen LogP contribution in [0.25, 0.3) is 0 Å². The lowest BCUT2D eigenvalue weighted by Crippen LogP contribution is -2.53. The standard InChI is InChI=1S/C16H26N2O2/c1-5-12(2)16-11-18(7-6-17-16)13-8-14(19-3)10-15(9-13)20-4/h8-10,12,16-17H,5-7,11H2,1-4H3. The summed E-state index contributed by atoms with van der Waals surface area (Å²) in [5.74, 6) is 2.38. The first kappa shape index (κ1) is 15.0. The van der Waals surface area contributed by atoms with Crippen LogP contribution in [0.1, 0.15) is 20.3 Å². The highest BCUT2D eigenvalue weighted by atomic mass is 16.5. The molecule has 1 aromatic carbocycles. The van der Waals surface area contributed by atoms with E-state index in [9.17, 15) is 0 Å². The molecule has 1 N–H and O–H groups in total. The van der Waals surface area contributed by atoms with Gasteiger partial charge in [-0.3, -0.25) is 0 Å². The molecular formula is C16H26N2O2. The van der Waals surface area contributed by atoms with Gasteiger partial charge in [0.25, 0.3) is 0 Å². The fraction of sp³-hybridized carbons (Fsp3) is 0.625. The Morgan fingerprint density at radius 1 is 1.25 bits per heavy atom. The van der Waals surface area contributed by atoms with Crippen molar-refractivity contribution < 1.29 is 9.47 Å². The lowest BCUT2D eigenvalue weighted by molar-refractivity contribution is 0.341. The van der Waals surface area contributed by atoms with Crippen molar-refractivity contribution in [3.63, 3.8) is 0 Å². The fourth-order valence-corrected chi connectivity index (χ4v) is 2.65. The van der Waals surface area contributed by atoms with Crippen LogP contribution in [0.4, 0.5) is 5.69 Å². The van der Waals surface area contributed by atoms with Gasteiger partial charge in [-0.1, -0.05) is 20.3 Å². The van der Waals surface area contributed by atoms with E-state index in [1.807, 2.05) is 6.07 Å². The van der Waals surface area contributed by atoms with E-state index in [-0.39, 0.29) is 0 Å². The van der Waals surface area contributed by atoms with Gasteiger partial charge in [0, 0.05) is 49.6 Å². The van der Waals surface area contributed by atoms with Crippen LogP contribution in [-0.2, 0) is 0 Å². The number of hydrogen-bond acceptors (Lipinski definition) is 4. The second kappa shape index (κ2) is 6.84. The molecule has 0 saturated carbocycles. The predicted octanol–water partition coefficient (Wildman–Crippen LogP) is 2.53. The summed E-state index contributed by atoms with van der Waals surface area (Å²) in [5, 5.41) is 3.62. The second-order valence-electron chi connectivity index (χ2n) is 5.46. The Morgan fingerprint density at radius 3 is 2.45 bits per heavy atom. The molecule has 0 aliphatic carbocycles. The molecule has 0 amide bonds. The van der Waals surface area contributed by atoms with Crippen LogP contribution in [0.3, 0.4) is 0 Å². The van der Waals surface area contributed by atoms with Crippen LogP contribution < -0.4 is 19.7 Å². The molecule has 0 spiro atoms. The number of rotatable bonds is 5. The van der Waals surface area contributed by atoms with Gasteiger partial charge >= 0.3 is 0 Å². The maximum Gasteiger partial charge on any atom is 0.124 e. The van der Waals surface area contributed by atoms with E-state index in [2.05, 4.69) is 36.2 Å². The van der Waals surface area contributed by atoms with Gasteiger partial charge in [-0.05, 0) is 5.92 Å². The van der Waals surface area contributed by atoms with Gasteiger partial charge in [0.2, 0.25) is 0 Å². The van der Waals surface area contributed by atoms with Gasteiger partial charge in [0.05, 0.1) is 14.2 Å². The minimum atomic E-state index is 0.547. The Labute approximate surface area is 122 Å². The van der Waals surface area contributed by atoms with E-state index in [4.69, 9.17) is 9.47 Å². The summed E-state index contributed by atoms with van der Waals surface area (Å²) in [6, 6.07) is 6.63. The first-order valence-corrected chi connectivity index (χ1v) is 7.39. The summed E-state index contributed by atoms with van der Waals surface area (Å²) < 4.78 is 10.7. The smallest absolute Gasteiger partial charge is 0.124 e. The van der Waals surface area contributed by atoms with Crippen molar-refractivity contribution in [2.24, 2.45) is 5.92 Å². The molecule has 1 heterocycles. The van der Waals surface area contributed by atoms with Crippen LogP contribution in [0.15, 0.2) is 18.2 Å². The minimum Gasteiger partial charge on any atom is -0.497 e. The Kier molecular flexibility index (Phi) is 5.12. The first-order valence-electron chi connectivity index (χ1n) is 7.39. The van der Waals surface area contributed by atoms with Gasteiger partial charge in [-0.25, -0.2) is 0 Å². The number of nitrogens with one attached hydrogen (secondary N) is 1. The Balaban J connectivity index is 2.17. The zero-order valence-electron chi connectivity index (χ0n) is 13.0. The van der Waals surface area contributed by atoms with Crippen molar-refractivity contribution in [1.82, 2.24) is 5.32 Å². The van der Waals surface area contributed by atoms with Gasteiger partial charge < -0.3 is 19.7 Å². The summed E-state index contributed by atoms with van der Waals surface area (Å²) in [7, 11) is 3.39. The van der Waals surface area contributed by atoms with Crippen LogP contribution >= 0.6 is 0 Å². The average molecular weight is 278 g/mol. The van der Waals surface area contributed by atoms with Crippen LogP contribution in [0.5, 0.6) is 11.5 Å². The number of piperazine rings is 1. The third-order valence-electron chi connectivity index (χ3n) is 4.24. The molecule has 2 rings (SSSR count). The predicted molar refractivity (Wildman–Crippen MR) is 83.0 cm³/mol. The number of methoxy groups -OCH3 is 2. The van der Waals surface area contributed by atoms with Gasteiger partial charge in [0.15, 0.2) is 0 Å². The second-order valence-corrected chi connectivity index (χ2v) is 5.46. The highest BCUT2D eigenvalue weighted by Crippen LogP contribution is 2.29. The van der Waals surface area contributed by atoms with E-state index in [0.29, 0.717) is 12.0 Å². The normalized spacial score (nSPS) is 20.6. The van der Waals surface area contributed by atoms with Gasteiger partial charge in [-0.2, -0.15) is 0 Å². The van der Waals surface area contributed by atoms with Crippen molar-refractivity contribution in [3.8, 4) is 11.5 Å². The topological polar surface area (TPSA) is 33.7 Å². The van der Waals surface area contributed by atoms with E-state index >= 15 is 0 Å². The highest BCUT2D eigenvalue weighted by molar-refractivity contribution is 5.56. The molecule has 4 heteroatoms. The maximum absolute atomic E-state index is 5.36. The average Bonchev–Trinajstić information content (AvgIpc) is 2.53. The molecule has 1 fully saturated rings. The zero-order valence-corrected chi connectivity index (χ0v) is 13.0. The molecular weight excluding hydrogens is 252 g/mol. The molecule has 4 nitrogen and oxygen atoms in total. The zero-order chi connectivity index (χ0) is 14.5. The lowest BCUT2D eigenvalue weighted by Gasteiger charge is -2.38. The molecule has 1 aromatic rings. The third kappa shape index (κ3) is 3.37. The highest BCUT2D eigenvalue weighted by Gasteiger charge is 2.23. The third-order valence-corrected chi connectivity index (χ3v) is 4.24. The molecule has 20 heavy (non-hydrogen) atoms. The SMILES string of the molecule is CCC(C)C1CN(c2cc(OC)cc(OC)c2)CCN1. The molecule has 1 aliphatic rings. The number of nitrogens with zero attached hydrogens (tertiary/aromatic N) is 1. The Bertz CT molecular complexity index is 414. The van der Waals surface area contributed by atoms with Gasteiger partial charge in [0.1, 0.15) is 11.5 Å². The minimum absolute atomic E-state index is 0.547. The quantitative estimate of drug-likeness (QED) is 0.897. The number of benzene rings is 1. The van der Waals surface area contributed by atoms with Crippen molar-refractivity contribution in [2.45, 2.75) is 26.3 Å². The summed E-state index contributed by atoms with van der Waals surface area (Å²) in [5.41, 5.74) is 1.18. The van der Waals surface area contributed by atoms with Crippen molar-refractivity contribution in [2.75, 3.05) is 38.8 Å². The maximum atomic E-state index is 5.36. The molecule has 2 unspecified atom stereocenters. The summed E-state index contributed by atoms with van der Waals surface area (Å²) in [6.07, 6.45) is 1.20. The van der Waals surface area contributed by atoms with Crippen molar-refractivity contribution in [1.29, 1.82) is 0 Å². The van der Waals surface area contributed by atoms with E-state index in [1.165, 1.54) is 12.1 Å². The number of hydrogen-bond donors (Lipinski definition) is 1. The number of anilines is 1. The molecule has 1 saturated heterocycles. The first-order chi connectivity index (χ1) is 9.67. The Morgan fingerprint density at radius 2 is 1.90 bits per heavy atom. The molecule has 0 bridgehead atoms. The molecule has 0 radical (unpaired) electrons. The van der Waals surface area contributed by atoms with Crippen molar-refractivity contribution in [3.05, 3.63) is 18.2 Å². The summed E-state index contributed by atoms with van der Waals surface area (Å²) in [4.78, 5) is 2.42. The molecule has 1 aliphatic heterocycles. The van der Waals surface area contributed by atoms with Crippen LogP contribution in [-0.4, -0.2) is 39.9 Å². The van der Waals surface area contributed by atoms with Gasteiger partial charge in [-0.15, -0.1) is 0 Å². The number of ether oxygens (including phenoxy) is 2. The monoisotopic (exact) mass is 278 g/mol. The largest absolute Gasteiger partial charge is 0.497 e. The van der Waals surface area contributed by atoms with Crippen LogP contribution in [0, 0.1) is 5.92 Å². The Hall–Kier alpha value is -1.42. The summed E-state index contributed by atoms with van der Waals surface area (Å²) in [6.45, 7) is 7.64. The summed E-state index contributed by atoms with van der Waals surface area (Å²) >= 11 is 0. The van der Waals surface area contributed by atoms with E-state index < -0.39 is 0 Å². The van der Waals surface area contributed by atoms with Crippen LogP contribution in [0.2, 0.25) is 0 Å². The lowest BCUT2D eigenvalue weighted by atomic mass is 9.97. The fourth-order valence-electron chi connectivity index (χ4n) is 2.65. The molecule has 0 aromatic heterocycles. The molecule has 2 atom stereocenters. The van der Waals surface area contributed by atoms with E-state index in [1.54, 1.807) is 14.2 Å².